The number of sulfone groups is 1. The van der Waals surface area contributed by atoms with Crippen LogP contribution in [0, 0.1) is 0 Å². The Balaban J connectivity index is 2.46. The van der Waals surface area contributed by atoms with E-state index in [0.29, 0.717) is 18.2 Å². The first-order valence-corrected chi connectivity index (χ1v) is 10.5. The fourth-order valence-corrected chi connectivity index (χ4v) is 3.94. The second-order valence-electron chi connectivity index (χ2n) is 5.19. The Morgan fingerprint density at radius 2 is 2.05 bits per heavy atom. The molecule has 0 amide bonds. The Hall–Kier alpha value is -0.520. The van der Waals surface area contributed by atoms with Gasteiger partial charge < -0.3 is 5.32 Å². The second kappa shape index (κ2) is 9.49. The van der Waals surface area contributed by atoms with Crippen molar-refractivity contribution in [3.8, 4) is 0 Å². The van der Waals surface area contributed by atoms with Crippen LogP contribution in [-0.2, 0) is 9.84 Å². The first-order chi connectivity index (χ1) is 9.98. The molecule has 0 aliphatic heterocycles. The molecule has 0 aliphatic rings. The molecule has 0 aliphatic carbocycles. The standard InChI is InChI=1S/C16H27NO2S2/c1-4-10-17-14(3)15-8-6-9-16(13-15)20-11-7-12-21(18,19)5-2/h6,8-9,13-14,17H,4-5,7,10-12H2,1-3H3. The lowest BCUT2D eigenvalue weighted by Gasteiger charge is -2.14. The molecule has 0 heterocycles. The number of hydrogen-bond donors (Lipinski definition) is 1. The maximum absolute atomic E-state index is 11.4. The minimum atomic E-state index is -2.83. The third-order valence-corrected chi connectivity index (χ3v) is 6.24. The van der Waals surface area contributed by atoms with Crippen LogP contribution in [0.15, 0.2) is 29.2 Å². The molecule has 0 aromatic heterocycles. The molecule has 1 N–H and O–H groups in total. The van der Waals surface area contributed by atoms with Crippen molar-refractivity contribution in [3.63, 3.8) is 0 Å². The van der Waals surface area contributed by atoms with E-state index >= 15 is 0 Å². The van der Waals surface area contributed by atoms with Crippen molar-refractivity contribution in [2.75, 3.05) is 23.8 Å². The van der Waals surface area contributed by atoms with Crippen LogP contribution in [0.2, 0.25) is 0 Å². The number of nitrogens with one attached hydrogen (secondary N) is 1. The van der Waals surface area contributed by atoms with Gasteiger partial charge in [-0.05, 0) is 49.8 Å². The predicted octanol–water partition coefficient (Wildman–Crippen LogP) is 3.66. The maximum atomic E-state index is 11.4. The third-order valence-electron chi connectivity index (χ3n) is 3.37. The third kappa shape index (κ3) is 7.34. The summed E-state index contributed by atoms with van der Waals surface area (Å²) in [6.45, 7) is 7.06. The van der Waals surface area contributed by atoms with Crippen LogP contribution in [0.3, 0.4) is 0 Å². The van der Waals surface area contributed by atoms with Crippen LogP contribution in [-0.4, -0.2) is 32.2 Å². The molecule has 0 fully saturated rings. The Bertz CT molecular complexity index is 515. The summed E-state index contributed by atoms with van der Waals surface area (Å²) in [5.74, 6) is 1.39. The van der Waals surface area contributed by atoms with E-state index in [1.165, 1.54) is 10.5 Å². The molecular formula is C16H27NO2S2. The van der Waals surface area contributed by atoms with Crippen LogP contribution in [0.25, 0.3) is 0 Å². The van der Waals surface area contributed by atoms with Crippen molar-refractivity contribution in [3.05, 3.63) is 29.8 Å². The van der Waals surface area contributed by atoms with Gasteiger partial charge in [0.15, 0.2) is 0 Å². The molecule has 5 heteroatoms. The lowest BCUT2D eigenvalue weighted by atomic mass is 10.1. The van der Waals surface area contributed by atoms with Crippen molar-refractivity contribution in [2.45, 2.75) is 44.6 Å². The van der Waals surface area contributed by atoms with Gasteiger partial charge in [-0.1, -0.05) is 26.0 Å². The molecule has 0 bridgehead atoms. The van der Waals surface area contributed by atoms with E-state index < -0.39 is 9.84 Å². The zero-order valence-electron chi connectivity index (χ0n) is 13.3. The van der Waals surface area contributed by atoms with Gasteiger partial charge in [-0.15, -0.1) is 11.8 Å². The van der Waals surface area contributed by atoms with Crippen molar-refractivity contribution in [1.82, 2.24) is 5.32 Å². The van der Waals surface area contributed by atoms with Gasteiger partial charge in [0.2, 0.25) is 0 Å². The number of benzene rings is 1. The topological polar surface area (TPSA) is 46.2 Å². The van der Waals surface area contributed by atoms with Gasteiger partial charge >= 0.3 is 0 Å². The van der Waals surface area contributed by atoms with Crippen molar-refractivity contribution in [2.24, 2.45) is 0 Å². The zero-order chi connectivity index (χ0) is 15.7. The quantitative estimate of drug-likeness (QED) is 0.525. The van der Waals surface area contributed by atoms with Crippen LogP contribution < -0.4 is 5.32 Å². The monoisotopic (exact) mass is 329 g/mol. The lowest BCUT2D eigenvalue weighted by molar-refractivity contribution is 0.570. The number of rotatable bonds is 10. The summed E-state index contributed by atoms with van der Waals surface area (Å²) in [5, 5.41) is 3.48. The van der Waals surface area contributed by atoms with Crippen molar-refractivity contribution >= 4 is 21.6 Å². The molecule has 1 aromatic carbocycles. The number of hydrogen-bond acceptors (Lipinski definition) is 4. The van der Waals surface area contributed by atoms with Crippen LogP contribution in [0.1, 0.15) is 45.2 Å². The largest absolute Gasteiger partial charge is 0.310 e. The molecule has 1 atom stereocenters. The van der Waals surface area contributed by atoms with E-state index in [-0.39, 0.29) is 5.75 Å². The fraction of sp³-hybridized carbons (Fsp3) is 0.625. The zero-order valence-corrected chi connectivity index (χ0v) is 14.9. The van der Waals surface area contributed by atoms with Gasteiger partial charge in [0.05, 0.1) is 5.75 Å². The normalized spacial score (nSPS) is 13.3. The molecule has 0 saturated carbocycles. The van der Waals surface area contributed by atoms with Gasteiger partial charge in [-0.2, -0.15) is 0 Å². The van der Waals surface area contributed by atoms with Gasteiger partial charge in [0.1, 0.15) is 9.84 Å². The minimum Gasteiger partial charge on any atom is -0.310 e. The Morgan fingerprint density at radius 3 is 2.71 bits per heavy atom. The SMILES string of the molecule is CCCNC(C)c1cccc(SCCCS(=O)(=O)CC)c1. The molecule has 1 aromatic rings. The van der Waals surface area contributed by atoms with Gasteiger partial charge in [-0.3, -0.25) is 0 Å². The first-order valence-electron chi connectivity index (χ1n) is 7.65. The average molecular weight is 330 g/mol. The van der Waals surface area contributed by atoms with E-state index in [1.807, 2.05) is 0 Å². The molecule has 0 radical (unpaired) electrons. The van der Waals surface area contributed by atoms with E-state index in [4.69, 9.17) is 0 Å². The van der Waals surface area contributed by atoms with Crippen molar-refractivity contribution in [1.29, 1.82) is 0 Å². The molecule has 3 nitrogen and oxygen atoms in total. The minimum absolute atomic E-state index is 0.244. The maximum Gasteiger partial charge on any atom is 0.150 e. The molecule has 0 spiro atoms. The first kappa shape index (κ1) is 18.5. The summed E-state index contributed by atoms with van der Waals surface area (Å²) < 4.78 is 22.9. The van der Waals surface area contributed by atoms with Crippen molar-refractivity contribution < 1.29 is 8.42 Å². The Kier molecular flexibility index (Phi) is 8.37. The lowest BCUT2D eigenvalue weighted by Crippen LogP contribution is -2.19. The molecule has 1 rings (SSSR count). The second-order valence-corrected chi connectivity index (χ2v) is 8.83. The predicted molar refractivity (Wildman–Crippen MR) is 92.8 cm³/mol. The van der Waals surface area contributed by atoms with Crippen LogP contribution in [0.5, 0.6) is 0 Å². The summed E-state index contributed by atoms with van der Waals surface area (Å²) in [6.07, 6.45) is 1.85. The highest BCUT2D eigenvalue weighted by Gasteiger charge is 2.08. The Labute approximate surface area is 133 Å². The molecular weight excluding hydrogens is 302 g/mol. The highest BCUT2D eigenvalue weighted by Crippen LogP contribution is 2.23. The molecule has 21 heavy (non-hydrogen) atoms. The van der Waals surface area contributed by atoms with E-state index in [1.54, 1.807) is 18.7 Å². The summed E-state index contributed by atoms with van der Waals surface area (Å²) in [6, 6.07) is 8.86. The highest BCUT2D eigenvalue weighted by atomic mass is 32.2. The summed E-state index contributed by atoms with van der Waals surface area (Å²) in [7, 11) is -2.83. The molecule has 120 valence electrons. The van der Waals surface area contributed by atoms with Gasteiger partial charge in [0, 0.05) is 16.7 Å². The fourth-order valence-electron chi connectivity index (χ4n) is 1.97. The smallest absolute Gasteiger partial charge is 0.150 e. The van der Waals surface area contributed by atoms with Gasteiger partial charge in [-0.25, -0.2) is 8.42 Å². The van der Waals surface area contributed by atoms with Gasteiger partial charge in [0.25, 0.3) is 0 Å². The molecule has 0 saturated heterocycles. The van der Waals surface area contributed by atoms with Crippen LogP contribution in [0.4, 0.5) is 0 Å². The Morgan fingerprint density at radius 1 is 1.29 bits per heavy atom. The highest BCUT2D eigenvalue weighted by molar-refractivity contribution is 7.99. The molecule has 1 unspecified atom stereocenters. The van der Waals surface area contributed by atoms with Crippen LogP contribution >= 0.6 is 11.8 Å². The summed E-state index contributed by atoms with van der Waals surface area (Å²) in [4.78, 5) is 1.21. The van der Waals surface area contributed by atoms with E-state index in [0.717, 1.165) is 18.7 Å². The van der Waals surface area contributed by atoms with E-state index in [9.17, 15) is 8.42 Å². The summed E-state index contributed by atoms with van der Waals surface area (Å²) >= 11 is 1.73. The van der Waals surface area contributed by atoms with E-state index in [2.05, 4.69) is 43.4 Å². The summed E-state index contributed by atoms with van der Waals surface area (Å²) in [5.41, 5.74) is 1.29. The average Bonchev–Trinajstić information content (AvgIpc) is 2.49. The number of thioether (sulfide) groups is 1.